The van der Waals surface area contributed by atoms with Crippen LogP contribution in [0.2, 0.25) is 0 Å². The van der Waals surface area contributed by atoms with E-state index in [0.29, 0.717) is 11.4 Å². The number of hydrogen-bond donors (Lipinski definition) is 1. The van der Waals surface area contributed by atoms with E-state index in [1.807, 2.05) is 0 Å². The largest absolute Gasteiger partial charge is 0.416 e. The molecule has 0 bridgehead atoms. The summed E-state index contributed by atoms with van der Waals surface area (Å²) >= 11 is 0. The van der Waals surface area contributed by atoms with E-state index in [4.69, 9.17) is 5.73 Å². The highest BCUT2D eigenvalue weighted by atomic mass is 19.4. The van der Waals surface area contributed by atoms with E-state index in [1.54, 1.807) is 17.7 Å². The fourth-order valence-electron chi connectivity index (χ4n) is 1.54. The first-order chi connectivity index (χ1) is 8.38. The normalized spacial score (nSPS) is 13.6. The van der Waals surface area contributed by atoms with Crippen molar-refractivity contribution in [1.29, 1.82) is 0 Å². The van der Waals surface area contributed by atoms with Crippen molar-refractivity contribution in [2.75, 3.05) is 0 Å². The Hall–Kier alpha value is -1.82. The molecule has 18 heavy (non-hydrogen) atoms. The Balaban J connectivity index is 2.29. The molecule has 96 valence electrons. The molecule has 0 fully saturated rings. The van der Waals surface area contributed by atoms with E-state index >= 15 is 0 Å². The van der Waals surface area contributed by atoms with Gasteiger partial charge in [-0.1, -0.05) is 0 Å². The molecule has 6 heteroatoms. The predicted molar refractivity (Wildman–Crippen MR) is 61.2 cm³/mol. The predicted octanol–water partition coefficient (Wildman–Crippen LogP) is 2.91. The lowest BCUT2D eigenvalue weighted by atomic mass is 10.2. The van der Waals surface area contributed by atoms with Crippen LogP contribution in [0.25, 0.3) is 5.69 Å². The van der Waals surface area contributed by atoms with Crippen LogP contribution < -0.4 is 5.73 Å². The van der Waals surface area contributed by atoms with Crippen LogP contribution in [0.4, 0.5) is 13.2 Å². The number of rotatable bonds is 2. The third-order valence-electron chi connectivity index (χ3n) is 2.56. The average molecular weight is 255 g/mol. The first-order valence-corrected chi connectivity index (χ1v) is 5.35. The van der Waals surface area contributed by atoms with E-state index in [9.17, 15) is 13.2 Å². The topological polar surface area (TPSA) is 43.8 Å². The summed E-state index contributed by atoms with van der Waals surface area (Å²) in [6.07, 6.45) is -1.08. The molecule has 1 aromatic carbocycles. The van der Waals surface area contributed by atoms with Gasteiger partial charge in [-0.25, -0.2) is 4.98 Å². The van der Waals surface area contributed by atoms with Crippen molar-refractivity contribution in [3.8, 4) is 5.69 Å². The zero-order valence-corrected chi connectivity index (χ0v) is 9.65. The Morgan fingerprint density at radius 2 is 1.83 bits per heavy atom. The van der Waals surface area contributed by atoms with Crippen molar-refractivity contribution < 1.29 is 13.2 Å². The zero-order valence-electron chi connectivity index (χ0n) is 9.65. The number of benzene rings is 1. The number of halogens is 3. The summed E-state index contributed by atoms with van der Waals surface area (Å²) in [7, 11) is 0. The van der Waals surface area contributed by atoms with Crippen LogP contribution >= 0.6 is 0 Å². The lowest BCUT2D eigenvalue weighted by Gasteiger charge is -2.07. The summed E-state index contributed by atoms with van der Waals surface area (Å²) in [5.41, 5.74) is 6.30. The summed E-state index contributed by atoms with van der Waals surface area (Å²) in [4.78, 5) is 4.08. The van der Waals surface area contributed by atoms with Gasteiger partial charge in [-0.2, -0.15) is 13.2 Å². The Morgan fingerprint density at radius 1 is 1.22 bits per heavy atom. The van der Waals surface area contributed by atoms with Gasteiger partial charge < -0.3 is 10.3 Å². The summed E-state index contributed by atoms with van der Waals surface area (Å²) < 4.78 is 38.8. The van der Waals surface area contributed by atoms with Crippen molar-refractivity contribution in [3.05, 3.63) is 48.0 Å². The van der Waals surface area contributed by atoms with E-state index in [1.165, 1.54) is 18.5 Å². The number of alkyl halides is 3. The van der Waals surface area contributed by atoms with Crippen molar-refractivity contribution in [2.24, 2.45) is 5.73 Å². The average Bonchev–Trinajstić information content (AvgIpc) is 2.77. The molecule has 0 spiro atoms. The molecule has 1 heterocycles. The van der Waals surface area contributed by atoms with Crippen molar-refractivity contribution in [2.45, 2.75) is 19.1 Å². The van der Waals surface area contributed by atoms with Crippen LogP contribution in [-0.2, 0) is 6.18 Å². The summed E-state index contributed by atoms with van der Waals surface area (Å²) in [6.45, 7) is 1.79. The SMILES string of the molecule is CC(N)c1cn(-c2ccc(C(F)(F)F)cc2)cn1. The van der Waals surface area contributed by atoms with Gasteiger partial charge in [0.05, 0.1) is 17.6 Å². The fourth-order valence-corrected chi connectivity index (χ4v) is 1.54. The van der Waals surface area contributed by atoms with Gasteiger partial charge in [0.25, 0.3) is 0 Å². The highest BCUT2D eigenvalue weighted by Crippen LogP contribution is 2.29. The lowest BCUT2D eigenvalue weighted by Crippen LogP contribution is -2.05. The Morgan fingerprint density at radius 3 is 2.28 bits per heavy atom. The summed E-state index contributed by atoms with van der Waals surface area (Å²) in [5.74, 6) is 0. The van der Waals surface area contributed by atoms with Gasteiger partial charge in [-0.15, -0.1) is 0 Å². The zero-order chi connectivity index (χ0) is 13.3. The second-order valence-electron chi connectivity index (χ2n) is 4.04. The number of nitrogens with two attached hydrogens (primary N) is 1. The molecule has 0 aliphatic carbocycles. The standard InChI is InChI=1S/C12H12F3N3/c1-8(16)11-6-18(7-17-11)10-4-2-9(3-5-10)12(13,14)15/h2-8H,16H2,1H3. The second-order valence-corrected chi connectivity index (χ2v) is 4.04. The first kappa shape index (κ1) is 12.6. The van der Waals surface area contributed by atoms with E-state index in [0.717, 1.165) is 12.1 Å². The molecule has 2 aromatic rings. The molecule has 1 aromatic heterocycles. The summed E-state index contributed by atoms with van der Waals surface area (Å²) in [5, 5.41) is 0. The maximum absolute atomic E-state index is 12.4. The molecule has 1 unspecified atom stereocenters. The van der Waals surface area contributed by atoms with Gasteiger partial charge in [0.15, 0.2) is 0 Å². The van der Waals surface area contributed by atoms with Crippen LogP contribution in [-0.4, -0.2) is 9.55 Å². The van der Waals surface area contributed by atoms with Gasteiger partial charge in [0.1, 0.15) is 0 Å². The summed E-state index contributed by atoms with van der Waals surface area (Å²) in [6, 6.07) is 4.67. The minimum atomic E-state index is -4.32. The third kappa shape index (κ3) is 2.53. The van der Waals surface area contributed by atoms with Crippen LogP contribution in [0.5, 0.6) is 0 Å². The fraction of sp³-hybridized carbons (Fsp3) is 0.250. The molecule has 0 saturated heterocycles. The van der Waals surface area contributed by atoms with Gasteiger partial charge in [-0.05, 0) is 31.2 Å². The van der Waals surface area contributed by atoms with Gasteiger partial charge >= 0.3 is 6.18 Å². The molecule has 0 saturated carbocycles. The molecular formula is C12H12F3N3. The molecule has 1 atom stereocenters. The van der Waals surface area contributed by atoms with Crippen molar-refractivity contribution in [3.63, 3.8) is 0 Å². The number of hydrogen-bond acceptors (Lipinski definition) is 2. The maximum Gasteiger partial charge on any atom is 0.416 e. The highest BCUT2D eigenvalue weighted by Gasteiger charge is 2.29. The van der Waals surface area contributed by atoms with Gasteiger partial charge in [0, 0.05) is 17.9 Å². The molecule has 0 aliphatic rings. The first-order valence-electron chi connectivity index (χ1n) is 5.35. The number of aromatic nitrogens is 2. The van der Waals surface area contributed by atoms with Gasteiger partial charge in [0.2, 0.25) is 0 Å². The van der Waals surface area contributed by atoms with E-state index in [-0.39, 0.29) is 6.04 Å². The smallest absolute Gasteiger partial charge is 0.323 e. The molecule has 0 amide bonds. The van der Waals surface area contributed by atoms with Crippen molar-refractivity contribution in [1.82, 2.24) is 9.55 Å². The van der Waals surface area contributed by atoms with E-state index in [2.05, 4.69) is 4.98 Å². The van der Waals surface area contributed by atoms with Crippen LogP contribution in [0.15, 0.2) is 36.8 Å². The lowest BCUT2D eigenvalue weighted by molar-refractivity contribution is -0.137. The van der Waals surface area contributed by atoms with Crippen LogP contribution in [0.3, 0.4) is 0 Å². The minimum Gasteiger partial charge on any atom is -0.323 e. The molecule has 0 aliphatic heterocycles. The Kier molecular flexibility index (Phi) is 3.13. The number of nitrogens with zero attached hydrogens (tertiary/aromatic N) is 2. The molecular weight excluding hydrogens is 243 g/mol. The quantitative estimate of drug-likeness (QED) is 0.896. The Labute approximate surface area is 102 Å². The third-order valence-corrected chi connectivity index (χ3v) is 2.56. The number of imidazole rings is 1. The van der Waals surface area contributed by atoms with Crippen LogP contribution in [0, 0.1) is 0 Å². The molecule has 0 radical (unpaired) electrons. The molecule has 2 N–H and O–H groups in total. The van der Waals surface area contributed by atoms with E-state index < -0.39 is 11.7 Å². The highest BCUT2D eigenvalue weighted by molar-refractivity contribution is 5.36. The Bertz CT molecular complexity index is 526. The van der Waals surface area contributed by atoms with Crippen LogP contribution in [0.1, 0.15) is 24.2 Å². The second kappa shape index (κ2) is 4.45. The molecule has 2 rings (SSSR count). The maximum atomic E-state index is 12.4. The van der Waals surface area contributed by atoms with Crippen molar-refractivity contribution >= 4 is 0 Å². The monoisotopic (exact) mass is 255 g/mol. The molecule has 3 nitrogen and oxygen atoms in total. The van der Waals surface area contributed by atoms with Gasteiger partial charge in [-0.3, -0.25) is 0 Å². The minimum absolute atomic E-state index is 0.208.